The highest BCUT2D eigenvalue weighted by molar-refractivity contribution is 4.87. The normalized spacial score (nSPS) is 15.6. The van der Waals surface area contributed by atoms with Crippen molar-refractivity contribution in [2.75, 3.05) is 0 Å². The molecule has 0 aliphatic carbocycles. The van der Waals surface area contributed by atoms with Crippen molar-refractivity contribution in [2.45, 2.75) is 12.5 Å². The van der Waals surface area contributed by atoms with Gasteiger partial charge in [-0.2, -0.15) is 0 Å². The average molecular weight is 125 g/mol. The summed E-state index contributed by atoms with van der Waals surface area (Å²) in [5.74, 6) is 0. The van der Waals surface area contributed by atoms with E-state index in [4.69, 9.17) is 0 Å². The maximum atomic E-state index is 11.3. The summed E-state index contributed by atoms with van der Waals surface area (Å²) < 4.78 is 33.6. The summed E-state index contributed by atoms with van der Waals surface area (Å²) in [6, 6.07) is -1.47. The van der Waals surface area contributed by atoms with Gasteiger partial charge in [0.15, 0.2) is 0 Å². The lowest BCUT2D eigenvalue weighted by Gasteiger charge is -2.00. The van der Waals surface area contributed by atoms with Crippen LogP contribution in [0.3, 0.4) is 0 Å². The van der Waals surface area contributed by atoms with Gasteiger partial charge in [0.1, 0.15) is 0 Å². The van der Waals surface area contributed by atoms with E-state index < -0.39 is 12.5 Å². The van der Waals surface area contributed by atoms with Crippen LogP contribution < -0.4 is 5.73 Å². The largest absolute Gasteiger partial charge is 0.320 e. The molecule has 48 valence electrons. The van der Waals surface area contributed by atoms with Crippen molar-refractivity contribution in [1.29, 1.82) is 0 Å². The summed E-state index contributed by atoms with van der Waals surface area (Å²) in [6.07, 6.45) is -2.07. The van der Waals surface area contributed by atoms with Crippen LogP contribution in [0.25, 0.3) is 0 Å². The zero-order valence-electron chi connectivity index (χ0n) is 4.02. The Morgan fingerprint density at radius 2 is 1.88 bits per heavy atom. The molecule has 4 heteroatoms. The van der Waals surface area contributed by atoms with E-state index in [1.165, 1.54) is 0 Å². The number of hydrogen-bond acceptors (Lipinski definition) is 1. The van der Waals surface area contributed by atoms with Gasteiger partial charge in [-0.15, -0.1) is 0 Å². The number of hydrogen-bond donors (Lipinski definition) is 1. The molecule has 0 amide bonds. The monoisotopic (exact) mass is 125 g/mol. The SMILES string of the molecule is NC(/C=C/F)C(F)F. The Labute approximate surface area is 45.0 Å². The van der Waals surface area contributed by atoms with Gasteiger partial charge >= 0.3 is 0 Å². The lowest BCUT2D eigenvalue weighted by Crippen LogP contribution is -2.25. The molecule has 0 fully saturated rings. The van der Waals surface area contributed by atoms with Crippen LogP contribution >= 0.6 is 0 Å². The maximum absolute atomic E-state index is 11.3. The summed E-state index contributed by atoms with van der Waals surface area (Å²) in [5.41, 5.74) is 4.65. The highest BCUT2D eigenvalue weighted by Gasteiger charge is 2.09. The van der Waals surface area contributed by atoms with Crippen molar-refractivity contribution in [3.63, 3.8) is 0 Å². The first-order valence-corrected chi connectivity index (χ1v) is 1.99. The molecular formula is C4H6F3N. The molecule has 0 aromatic rings. The maximum Gasteiger partial charge on any atom is 0.257 e. The first-order valence-electron chi connectivity index (χ1n) is 1.99. The van der Waals surface area contributed by atoms with Gasteiger partial charge < -0.3 is 5.73 Å². The summed E-state index contributed by atoms with van der Waals surface area (Å²) in [7, 11) is 0. The van der Waals surface area contributed by atoms with Gasteiger partial charge in [-0.25, -0.2) is 13.2 Å². The van der Waals surface area contributed by atoms with Crippen molar-refractivity contribution in [3.8, 4) is 0 Å². The number of halogens is 3. The summed E-state index contributed by atoms with van der Waals surface area (Å²) >= 11 is 0. The molecule has 0 rings (SSSR count). The minimum Gasteiger partial charge on any atom is -0.320 e. The van der Waals surface area contributed by atoms with Crippen molar-refractivity contribution >= 4 is 0 Å². The molecule has 0 radical (unpaired) electrons. The van der Waals surface area contributed by atoms with Gasteiger partial charge in [0.25, 0.3) is 6.43 Å². The zero-order chi connectivity index (χ0) is 6.57. The highest BCUT2D eigenvalue weighted by Crippen LogP contribution is 1.98. The zero-order valence-corrected chi connectivity index (χ0v) is 4.02. The van der Waals surface area contributed by atoms with E-state index in [1.807, 2.05) is 0 Å². The number of alkyl halides is 2. The second-order valence-electron chi connectivity index (χ2n) is 1.23. The van der Waals surface area contributed by atoms with Gasteiger partial charge in [-0.3, -0.25) is 0 Å². The predicted molar refractivity (Wildman–Crippen MR) is 24.2 cm³/mol. The Morgan fingerprint density at radius 1 is 1.38 bits per heavy atom. The van der Waals surface area contributed by atoms with E-state index in [0.717, 1.165) is 0 Å². The molecule has 0 aromatic heterocycles. The minimum absolute atomic E-state index is 0.0107. The molecule has 1 atom stereocenters. The van der Waals surface area contributed by atoms with Gasteiger partial charge in [-0.1, -0.05) is 0 Å². The first-order chi connectivity index (χ1) is 3.68. The first kappa shape index (κ1) is 7.49. The molecule has 2 N–H and O–H groups in total. The molecule has 0 aliphatic rings. The number of rotatable bonds is 2. The molecule has 0 saturated carbocycles. The Bertz CT molecular complexity index is 81.4. The molecule has 0 spiro atoms. The second-order valence-corrected chi connectivity index (χ2v) is 1.23. The fraction of sp³-hybridized carbons (Fsp3) is 0.500. The van der Waals surface area contributed by atoms with Gasteiger partial charge in [0.05, 0.1) is 12.4 Å². The highest BCUT2D eigenvalue weighted by atomic mass is 19.3. The van der Waals surface area contributed by atoms with Crippen LogP contribution in [0, 0.1) is 0 Å². The Hall–Kier alpha value is -0.510. The molecular weight excluding hydrogens is 119 g/mol. The second kappa shape index (κ2) is 3.49. The fourth-order valence-corrected chi connectivity index (χ4v) is 0.168. The van der Waals surface area contributed by atoms with Gasteiger partial charge in [0.2, 0.25) is 0 Å². The predicted octanol–water partition coefficient (Wildman–Crippen LogP) is 1.06. The lowest BCUT2D eigenvalue weighted by molar-refractivity contribution is 0.133. The molecule has 1 nitrogen and oxygen atoms in total. The van der Waals surface area contributed by atoms with E-state index in [-0.39, 0.29) is 6.33 Å². The third-order valence-corrected chi connectivity index (χ3v) is 0.586. The van der Waals surface area contributed by atoms with Crippen molar-refractivity contribution in [3.05, 3.63) is 12.4 Å². The summed E-state index contributed by atoms with van der Waals surface area (Å²) in [4.78, 5) is 0. The molecule has 1 unspecified atom stereocenters. The van der Waals surface area contributed by atoms with E-state index in [1.54, 1.807) is 0 Å². The third-order valence-electron chi connectivity index (χ3n) is 0.586. The lowest BCUT2D eigenvalue weighted by atomic mass is 10.3. The van der Waals surface area contributed by atoms with Crippen LogP contribution in [0.15, 0.2) is 12.4 Å². The van der Waals surface area contributed by atoms with Crippen LogP contribution in [-0.4, -0.2) is 12.5 Å². The van der Waals surface area contributed by atoms with Gasteiger partial charge in [-0.05, 0) is 6.08 Å². The van der Waals surface area contributed by atoms with E-state index in [9.17, 15) is 13.2 Å². The Kier molecular flexibility index (Phi) is 3.26. The van der Waals surface area contributed by atoms with Crippen LogP contribution in [0.2, 0.25) is 0 Å². The molecule has 8 heavy (non-hydrogen) atoms. The van der Waals surface area contributed by atoms with E-state index in [0.29, 0.717) is 6.08 Å². The van der Waals surface area contributed by atoms with Crippen molar-refractivity contribution < 1.29 is 13.2 Å². The fourth-order valence-electron chi connectivity index (χ4n) is 0.168. The summed E-state index contributed by atoms with van der Waals surface area (Å²) in [6.45, 7) is 0. The van der Waals surface area contributed by atoms with Gasteiger partial charge in [0, 0.05) is 0 Å². The van der Waals surface area contributed by atoms with Crippen LogP contribution in [0.1, 0.15) is 0 Å². The number of nitrogens with two attached hydrogens (primary N) is 1. The topological polar surface area (TPSA) is 26.0 Å². The van der Waals surface area contributed by atoms with Crippen molar-refractivity contribution in [1.82, 2.24) is 0 Å². The molecule has 0 heterocycles. The molecule has 0 aliphatic heterocycles. The van der Waals surface area contributed by atoms with E-state index in [2.05, 4.69) is 5.73 Å². The molecule has 0 aromatic carbocycles. The Balaban J connectivity index is 3.47. The summed E-state index contributed by atoms with van der Waals surface area (Å²) in [5, 5.41) is 0. The van der Waals surface area contributed by atoms with Crippen LogP contribution in [0.5, 0.6) is 0 Å². The van der Waals surface area contributed by atoms with Crippen LogP contribution in [-0.2, 0) is 0 Å². The molecule has 0 saturated heterocycles. The minimum atomic E-state index is -2.68. The van der Waals surface area contributed by atoms with E-state index >= 15 is 0 Å². The quantitative estimate of drug-likeness (QED) is 0.586. The third kappa shape index (κ3) is 2.63. The standard InChI is InChI=1S/C4H6F3N/c5-2-1-3(8)4(6)7/h1-4H,8H2/b2-1+. The smallest absolute Gasteiger partial charge is 0.257 e. The van der Waals surface area contributed by atoms with Crippen molar-refractivity contribution in [2.24, 2.45) is 5.73 Å². The van der Waals surface area contributed by atoms with Crippen LogP contribution in [0.4, 0.5) is 13.2 Å². The Morgan fingerprint density at radius 3 is 2.00 bits per heavy atom. The molecule has 0 bridgehead atoms. The average Bonchev–Trinajstić information content (AvgIpc) is 1.67.